The number of ether oxygens (including phenoxy) is 1. The van der Waals surface area contributed by atoms with E-state index in [1.165, 1.54) is 9.75 Å². The highest BCUT2D eigenvalue weighted by Crippen LogP contribution is 2.54. The van der Waals surface area contributed by atoms with Crippen molar-refractivity contribution >= 4 is 21.4 Å². The van der Waals surface area contributed by atoms with Gasteiger partial charge in [-0.05, 0) is 38.8 Å². The van der Waals surface area contributed by atoms with E-state index in [1.807, 2.05) is 11.3 Å². The highest BCUT2D eigenvalue weighted by molar-refractivity contribution is 7.89. The van der Waals surface area contributed by atoms with Gasteiger partial charge < -0.3 is 4.74 Å². The second-order valence-electron chi connectivity index (χ2n) is 7.46. The molecule has 24 heavy (non-hydrogen) atoms. The average Bonchev–Trinajstić information content (AvgIpc) is 3.26. The van der Waals surface area contributed by atoms with E-state index in [1.54, 1.807) is 6.92 Å². The van der Waals surface area contributed by atoms with Crippen molar-refractivity contribution in [2.45, 2.75) is 44.9 Å². The van der Waals surface area contributed by atoms with Crippen LogP contribution in [0.4, 0.5) is 0 Å². The number of rotatable bonds is 6. The van der Waals surface area contributed by atoms with Crippen LogP contribution in [0.25, 0.3) is 0 Å². The topological polar surface area (TPSA) is 58.6 Å². The van der Waals surface area contributed by atoms with Crippen molar-refractivity contribution in [1.82, 2.24) is 9.62 Å². The zero-order chi connectivity index (χ0) is 16.9. The molecule has 0 amide bonds. The molecule has 1 aromatic heterocycles. The predicted octanol–water partition coefficient (Wildman–Crippen LogP) is 1.98. The van der Waals surface area contributed by atoms with Crippen LogP contribution < -0.4 is 4.72 Å². The lowest BCUT2D eigenvalue weighted by molar-refractivity contribution is 0.00227. The van der Waals surface area contributed by atoms with Crippen molar-refractivity contribution in [3.8, 4) is 0 Å². The molecule has 1 N–H and O–H groups in total. The molecular weight excluding hydrogens is 344 g/mol. The van der Waals surface area contributed by atoms with E-state index in [9.17, 15) is 8.42 Å². The lowest BCUT2D eigenvalue weighted by Gasteiger charge is -2.29. The number of nitrogens with one attached hydrogen (secondary N) is 1. The Morgan fingerprint density at radius 1 is 1.46 bits per heavy atom. The van der Waals surface area contributed by atoms with Gasteiger partial charge in [0.05, 0.1) is 17.5 Å². The second kappa shape index (κ2) is 6.06. The fourth-order valence-electron chi connectivity index (χ4n) is 4.80. The van der Waals surface area contributed by atoms with E-state index < -0.39 is 10.0 Å². The van der Waals surface area contributed by atoms with Gasteiger partial charge in [0.2, 0.25) is 10.0 Å². The maximum absolute atomic E-state index is 11.8. The summed E-state index contributed by atoms with van der Waals surface area (Å²) in [4.78, 5) is 5.26. The van der Waals surface area contributed by atoms with Gasteiger partial charge in [-0.3, -0.25) is 4.90 Å². The third-order valence-corrected chi connectivity index (χ3v) is 8.30. The Morgan fingerprint density at radius 3 is 3.00 bits per heavy atom. The first-order chi connectivity index (χ1) is 11.4. The number of sulfonamides is 1. The van der Waals surface area contributed by atoms with Crippen LogP contribution in [0.15, 0.2) is 12.1 Å². The second-order valence-corrected chi connectivity index (χ2v) is 10.9. The number of nitrogens with zero attached hydrogens (tertiary/aromatic N) is 1. The number of likely N-dealkylation sites (tertiary alicyclic amines) is 1. The molecule has 5 nitrogen and oxygen atoms in total. The van der Waals surface area contributed by atoms with E-state index in [2.05, 4.69) is 28.7 Å². The molecular formula is C17H26N2O3S2. The maximum Gasteiger partial charge on any atom is 0.211 e. The lowest BCUT2D eigenvalue weighted by Crippen LogP contribution is -2.42. The molecule has 3 fully saturated rings. The fourth-order valence-corrected chi connectivity index (χ4v) is 6.38. The van der Waals surface area contributed by atoms with Gasteiger partial charge in [-0.2, -0.15) is 0 Å². The van der Waals surface area contributed by atoms with Crippen molar-refractivity contribution < 1.29 is 13.2 Å². The highest BCUT2D eigenvalue weighted by Gasteiger charge is 2.62. The highest BCUT2D eigenvalue weighted by atomic mass is 32.2. The van der Waals surface area contributed by atoms with E-state index in [0.29, 0.717) is 18.4 Å². The summed E-state index contributed by atoms with van der Waals surface area (Å²) < 4.78 is 32.8. The molecule has 1 spiro atoms. The molecule has 134 valence electrons. The molecule has 0 unspecified atom stereocenters. The van der Waals surface area contributed by atoms with Gasteiger partial charge in [-0.15, -0.1) is 11.3 Å². The Bertz CT molecular complexity index is 717. The largest absolute Gasteiger partial charge is 0.370 e. The SMILES string of the molecule is CCS(=O)(=O)NC[C@H]1[C@H]2CN(Cc3ccc(C)s3)C[C@]23CC[C@H]1O3. The Hall–Kier alpha value is -0.470. The molecule has 4 rings (SSSR count). The molecule has 3 saturated heterocycles. The third kappa shape index (κ3) is 2.94. The van der Waals surface area contributed by atoms with E-state index >= 15 is 0 Å². The summed E-state index contributed by atoms with van der Waals surface area (Å²) >= 11 is 1.86. The van der Waals surface area contributed by atoms with Gasteiger partial charge in [0, 0.05) is 47.8 Å². The van der Waals surface area contributed by atoms with Gasteiger partial charge in [-0.25, -0.2) is 13.1 Å². The molecule has 0 radical (unpaired) electrons. The Kier molecular flexibility index (Phi) is 4.28. The molecule has 4 heterocycles. The van der Waals surface area contributed by atoms with Crippen LogP contribution in [0, 0.1) is 18.8 Å². The van der Waals surface area contributed by atoms with Crippen molar-refractivity contribution in [3.63, 3.8) is 0 Å². The van der Waals surface area contributed by atoms with E-state index in [4.69, 9.17) is 4.74 Å². The molecule has 0 aliphatic carbocycles. The summed E-state index contributed by atoms with van der Waals surface area (Å²) in [6.07, 6.45) is 2.43. The molecule has 1 aromatic rings. The van der Waals surface area contributed by atoms with Crippen molar-refractivity contribution in [1.29, 1.82) is 0 Å². The van der Waals surface area contributed by atoms with Crippen molar-refractivity contribution in [2.75, 3.05) is 25.4 Å². The number of aryl methyl sites for hydroxylation is 1. The van der Waals surface area contributed by atoms with Gasteiger partial charge >= 0.3 is 0 Å². The van der Waals surface area contributed by atoms with Crippen molar-refractivity contribution in [2.24, 2.45) is 11.8 Å². The molecule has 3 aliphatic heterocycles. The quantitative estimate of drug-likeness (QED) is 0.832. The number of fused-ring (bicyclic) bond motifs is 1. The first-order valence-electron chi connectivity index (χ1n) is 8.83. The van der Waals surface area contributed by atoms with Crippen LogP contribution in [0.3, 0.4) is 0 Å². The summed E-state index contributed by atoms with van der Waals surface area (Å²) in [6, 6.07) is 4.40. The molecule has 4 atom stereocenters. The molecule has 7 heteroatoms. The van der Waals surface area contributed by atoms with Crippen molar-refractivity contribution in [3.05, 3.63) is 21.9 Å². The molecule has 2 bridgehead atoms. The zero-order valence-corrected chi connectivity index (χ0v) is 16.0. The van der Waals surface area contributed by atoms with Gasteiger partial charge in [0.15, 0.2) is 0 Å². The number of hydrogen-bond acceptors (Lipinski definition) is 5. The molecule has 3 aliphatic rings. The summed E-state index contributed by atoms with van der Waals surface area (Å²) in [5, 5.41) is 0. The summed E-state index contributed by atoms with van der Waals surface area (Å²) in [5.41, 5.74) is -0.0285. The lowest BCUT2D eigenvalue weighted by atomic mass is 9.74. The Morgan fingerprint density at radius 2 is 2.29 bits per heavy atom. The van der Waals surface area contributed by atoms with E-state index in [0.717, 1.165) is 32.5 Å². The minimum Gasteiger partial charge on any atom is -0.370 e. The maximum atomic E-state index is 11.8. The monoisotopic (exact) mass is 370 g/mol. The van der Waals surface area contributed by atoms with Crippen LogP contribution in [0.5, 0.6) is 0 Å². The van der Waals surface area contributed by atoms with E-state index in [-0.39, 0.29) is 17.5 Å². The standard InChI is InChI=1S/C17H26N2O3S2/c1-3-24(20,21)18-8-14-15-10-19(9-13-5-4-12(2)23-13)11-17(15)7-6-16(14)22-17/h4-5,14-16,18H,3,6-11H2,1-2H3/t14-,15+,16+,17+/m0/s1. The predicted molar refractivity (Wildman–Crippen MR) is 95.6 cm³/mol. The first-order valence-corrected chi connectivity index (χ1v) is 11.3. The van der Waals surface area contributed by atoms with Crippen LogP contribution >= 0.6 is 11.3 Å². The van der Waals surface area contributed by atoms with Crippen LogP contribution in [0.1, 0.15) is 29.5 Å². The fraction of sp³-hybridized carbons (Fsp3) is 0.765. The first kappa shape index (κ1) is 17.0. The smallest absolute Gasteiger partial charge is 0.211 e. The van der Waals surface area contributed by atoms with Gasteiger partial charge in [-0.1, -0.05) is 0 Å². The minimum atomic E-state index is -3.13. The molecule has 0 aromatic carbocycles. The summed E-state index contributed by atoms with van der Waals surface area (Å²) in [5.74, 6) is 0.914. The summed E-state index contributed by atoms with van der Waals surface area (Å²) in [7, 11) is -3.13. The summed E-state index contributed by atoms with van der Waals surface area (Å²) in [6.45, 7) is 7.35. The normalized spacial score (nSPS) is 35.7. The van der Waals surface area contributed by atoms with Crippen LogP contribution in [0.2, 0.25) is 0 Å². The van der Waals surface area contributed by atoms with Gasteiger partial charge in [0.25, 0.3) is 0 Å². The number of hydrogen-bond donors (Lipinski definition) is 1. The van der Waals surface area contributed by atoms with Crippen LogP contribution in [-0.2, 0) is 21.3 Å². The zero-order valence-electron chi connectivity index (χ0n) is 14.3. The average molecular weight is 371 g/mol. The third-order valence-electron chi connectivity index (χ3n) is 5.95. The number of thiophene rings is 1. The van der Waals surface area contributed by atoms with Crippen LogP contribution in [-0.4, -0.2) is 50.4 Å². The van der Waals surface area contributed by atoms with Gasteiger partial charge in [0.1, 0.15) is 0 Å². The Labute approximate surface area is 148 Å². The molecule has 0 saturated carbocycles. The minimum absolute atomic E-state index is 0.0285. The Balaban J connectivity index is 1.44.